The van der Waals surface area contributed by atoms with E-state index >= 15 is 0 Å². The second kappa shape index (κ2) is 15.1. The van der Waals surface area contributed by atoms with Crippen LogP contribution in [0.2, 0.25) is 0 Å². The first kappa shape index (κ1) is 31.6. The van der Waals surface area contributed by atoms with Crippen LogP contribution in [0.1, 0.15) is 44.2 Å². The zero-order valence-electron chi connectivity index (χ0n) is 22.9. The Kier molecular flexibility index (Phi) is 12.3. The average Bonchev–Trinajstić information content (AvgIpc) is 2.98. The van der Waals surface area contributed by atoms with E-state index in [0.29, 0.717) is 29.0 Å². The number of hydrogen-bond acceptors (Lipinski definition) is 8. The molecule has 0 radical (unpaired) electrons. The number of allylic oxidation sites excluding steroid dienone is 2. The Morgan fingerprint density at radius 1 is 0.846 bits per heavy atom. The molecule has 0 bridgehead atoms. The Hall–Kier alpha value is -3.59. The van der Waals surface area contributed by atoms with E-state index in [9.17, 15) is 29.7 Å². The molecule has 0 aliphatic carbocycles. The van der Waals surface area contributed by atoms with E-state index in [4.69, 9.17) is 9.47 Å². The summed E-state index contributed by atoms with van der Waals surface area (Å²) >= 11 is 0. The van der Waals surface area contributed by atoms with Crippen LogP contribution >= 0.6 is 0 Å². The minimum absolute atomic E-state index is 0.0976. The summed E-state index contributed by atoms with van der Waals surface area (Å²) in [6.45, 7) is 2.54. The quantitative estimate of drug-likeness (QED) is 0.218. The highest BCUT2D eigenvalue weighted by Crippen LogP contribution is 2.40. The molecule has 0 heterocycles. The van der Waals surface area contributed by atoms with Crippen LogP contribution in [0.3, 0.4) is 0 Å². The van der Waals surface area contributed by atoms with Crippen molar-refractivity contribution in [2.75, 3.05) is 20.8 Å². The summed E-state index contributed by atoms with van der Waals surface area (Å²) in [6, 6.07) is 13.9. The van der Waals surface area contributed by atoms with Crippen LogP contribution < -0.4 is 9.47 Å². The standard InChI is InChI=1S/C31H38O8/c1-5-7-25(26(33)18-12-21-8-14-23(38-3)15-9-21)31(6-2,30(37)29(36)27(34)20-32)28(35)19-13-22-10-16-24(39-4)17-11-22/h8-19,25,27,29,32,34,36H,5-7,20H2,1-4H3/b18-12+,19-13+. The highest BCUT2D eigenvalue weighted by atomic mass is 16.5. The van der Waals surface area contributed by atoms with Crippen molar-refractivity contribution in [3.8, 4) is 11.5 Å². The van der Waals surface area contributed by atoms with Gasteiger partial charge in [-0.15, -0.1) is 0 Å². The number of carbonyl (C=O) groups is 3. The molecule has 2 aromatic rings. The van der Waals surface area contributed by atoms with Crippen molar-refractivity contribution in [3.63, 3.8) is 0 Å². The van der Waals surface area contributed by atoms with Crippen molar-refractivity contribution in [3.05, 3.63) is 71.8 Å². The molecule has 4 atom stereocenters. The zero-order chi connectivity index (χ0) is 29.0. The van der Waals surface area contributed by atoms with E-state index < -0.39 is 47.5 Å². The fourth-order valence-electron chi connectivity index (χ4n) is 4.56. The Bertz CT molecular complexity index is 1150. The van der Waals surface area contributed by atoms with Gasteiger partial charge in [0.1, 0.15) is 29.1 Å². The van der Waals surface area contributed by atoms with Crippen LogP contribution in [0.5, 0.6) is 11.5 Å². The van der Waals surface area contributed by atoms with Crippen LogP contribution in [-0.2, 0) is 14.4 Å². The van der Waals surface area contributed by atoms with Gasteiger partial charge in [-0.05, 0) is 60.4 Å². The number of aliphatic hydroxyl groups is 3. The number of methoxy groups -OCH3 is 2. The number of carbonyl (C=O) groups excluding carboxylic acids is 3. The Balaban J connectivity index is 2.55. The van der Waals surface area contributed by atoms with Gasteiger partial charge in [0, 0.05) is 5.92 Å². The molecule has 0 aliphatic heterocycles. The van der Waals surface area contributed by atoms with Crippen LogP contribution in [0.25, 0.3) is 12.2 Å². The van der Waals surface area contributed by atoms with Crippen molar-refractivity contribution in [1.29, 1.82) is 0 Å². The van der Waals surface area contributed by atoms with Crippen molar-refractivity contribution >= 4 is 29.5 Å². The predicted octanol–water partition coefficient (Wildman–Crippen LogP) is 3.66. The van der Waals surface area contributed by atoms with Crippen molar-refractivity contribution in [1.82, 2.24) is 0 Å². The number of aliphatic hydroxyl groups excluding tert-OH is 3. The fraction of sp³-hybridized carbons (Fsp3) is 0.387. The molecule has 2 rings (SSSR count). The maximum absolute atomic E-state index is 13.8. The Morgan fingerprint density at radius 2 is 1.33 bits per heavy atom. The number of Topliss-reactive ketones (excluding diaryl/α,β-unsaturated/α-hetero) is 1. The van der Waals surface area contributed by atoms with Gasteiger partial charge in [0.2, 0.25) is 0 Å². The minimum Gasteiger partial charge on any atom is -0.497 e. The van der Waals surface area contributed by atoms with Gasteiger partial charge in [-0.1, -0.05) is 56.7 Å². The van der Waals surface area contributed by atoms with E-state index in [-0.39, 0.29) is 12.8 Å². The minimum atomic E-state index is -2.05. The molecule has 0 fully saturated rings. The van der Waals surface area contributed by atoms with Gasteiger partial charge in [0.15, 0.2) is 17.3 Å². The van der Waals surface area contributed by atoms with Crippen LogP contribution in [0, 0.1) is 11.3 Å². The summed E-state index contributed by atoms with van der Waals surface area (Å²) in [5.74, 6) is -1.94. The molecule has 0 saturated heterocycles. The SMILES string of the molecule is CCCC(C(=O)/C=C/c1ccc(OC)cc1)C(CC)(C(=O)/C=C/c1ccc(OC)cc1)C(=O)C(O)C(O)CO. The van der Waals surface area contributed by atoms with E-state index in [0.717, 1.165) is 0 Å². The third kappa shape index (κ3) is 7.72. The average molecular weight is 539 g/mol. The monoisotopic (exact) mass is 538 g/mol. The summed E-state index contributed by atoms with van der Waals surface area (Å²) in [5, 5.41) is 30.0. The number of ether oxygens (including phenoxy) is 2. The van der Waals surface area contributed by atoms with Gasteiger partial charge in [0.05, 0.1) is 20.8 Å². The molecule has 210 valence electrons. The first-order valence-electron chi connectivity index (χ1n) is 12.9. The molecule has 8 nitrogen and oxygen atoms in total. The molecule has 4 unspecified atom stereocenters. The molecule has 0 aliphatic rings. The van der Waals surface area contributed by atoms with Crippen LogP contribution in [0.4, 0.5) is 0 Å². The third-order valence-electron chi connectivity index (χ3n) is 6.87. The van der Waals surface area contributed by atoms with Crippen molar-refractivity contribution in [2.24, 2.45) is 11.3 Å². The molecule has 0 saturated carbocycles. The maximum atomic E-state index is 13.8. The molecule has 8 heteroatoms. The summed E-state index contributed by atoms with van der Waals surface area (Å²) in [6.07, 6.45) is 2.39. The predicted molar refractivity (Wildman–Crippen MR) is 149 cm³/mol. The zero-order valence-corrected chi connectivity index (χ0v) is 22.9. The molecule has 3 N–H and O–H groups in total. The number of rotatable bonds is 16. The molecule has 0 aromatic heterocycles. The van der Waals surface area contributed by atoms with E-state index in [1.807, 2.05) is 6.92 Å². The van der Waals surface area contributed by atoms with Crippen molar-refractivity contribution in [2.45, 2.75) is 45.3 Å². The van der Waals surface area contributed by atoms with E-state index in [1.54, 1.807) is 68.6 Å². The summed E-state index contributed by atoms with van der Waals surface area (Å²) in [4.78, 5) is 41.2. The normalized spacial score (nSPS) is 15.5. The topological polar surface area (TPSA) is 130 Å². The maximum Gasteiger partial charge on any atom is 0.178 e. The van der Waals surface area contributed by atoms with Gasteiger partial charge < -0.3 is 24.8 Å². The number of ketones is 3. The van der Waals surface area contributed by atoms with Gasteiger partial charge in [-0.25, -0.2) is 0 Å². The molecular formula is C31H38O8. The van der Waals surface area contributed by atoms with E-state index in [2.05, 4.69) is 0 Å². The van der Waals surface area contributed by atoms with Gasteiger partial charge >= 0.3 is 0 Å². The number of benzene rings is 2. The first-order chi connectivity index (χ1) is 18.7. The molecule has 2 aromatic carbocycles. The van der Waals surface area contributed by atoms with Crippen molar-refractivity contribution < 1.29 is 39.2 Å². The van der Waals surface area contributed by atoms with Crippen LogP contribution in [-0.4, -0.2) is 65.7 Å². The molecule has 39 heavy (non-hydrogen) atoms. The largest absolute Gasteiger partial charge is 0.497 e. The third-order valence-corrected chi connectivity index (χ3v) is 6.87. The summed E-state index contributed by atoms with van der Waals surface area (Å²) < 4.78 is 10.3. The van der Waals surface area contributed by atoms with Gasteiger partial charge in [0.25, 0.3) is 0 Å². The second-order valence-electron chi connectivity index (χ2n) is 9.20. The summed E-state index contributed by atoms with van der Waals surface area (Å²) in [5.41, 5.74) is -0.583. The lowest BCUT2D eigenvalue weighted by Gasteiger charge is -2.37. The van der Waals surface area contributed by atoms with Gasteiger partial charge in [-0.2, -0.15) is 0 Å². The molecular weight excluding hydrogens is 500 g/mol. The lowest BCUT2D eigenvalue weighted by atomic mass is 9.62. The van der Waals surface area contributed by atoms with E-state index in [1.165, 1.54) is 25.3 Å². The molecule has 0 spiro atoms. The Morgan fingerprint density at radius 3 is 1.74 bits per heavy atom. The highest BCUT2D eigenvalue weighted by Gasteiger charge is 2.53. The highest BCUT2D eigenvalue weighted by molar-refractivity contribution is 6.18. The smallest absolute Gasteiger partial charge is 0.178 e. The lowest BCUT2D eigenvalue weighted by molar-refractivity contribution is -0.157. The Labute approximate surface area is 229 Å². The number of hydrogen-bond donors (Lipinski definition) is 3. The molecule has 0 amide bonds. The van der Waals surface area contributed by atoms with Gasteiger partial charge in [-0.3, -0.25) is 14.4 Å². The second-order valence-corrected chi connectivity index (χ2v) is 9.20. The first-order valence-corrected chi connectivity index (χ1v) is 12.9. The van der Waals surface area contributed by atoms with Crippen LogP contribution in [0.15, 0.2) is 60.7 Å². The fourth-order valence-corrected chi connectivity index (χ4v) is 4.56. The lowest BCUT2D eigenvalue weighted by Crippen LogP contribution is -2.54. The summed E-state index contributed by atoms with van der Waals surface area (Å²) in [7, 11) is 3.09.